The van der Waals surface area contributed by atoms with Gasteiger partial charge in [0.05, 0.1) is 29.1 Å². The van der Waals surface area contributed by atoms with Crippen LogP contribution in [0.2, 0.25) is 0 Å². The minimum atomic E-state index is -4.76. The van der Waals surface area contributed by atoms with Crippen molar-refractivity contribution in [1.29, 1.82) is 0 Å². The third-order valence-corrected chi connectivity index (χ3v) is 7.51. The molecular weight excluding hydrogens is 480 g/mol. The molecule has 4 aromatic rings. The van der Waals surface area contributed by atoms with E-state index in [2.05, 4.69) is 4.98 Å². The topological polar surface area (TPSA) is 125 Å². The highest BCUT2D eigenvalue weighted by Gasteiger charge is 2.27. The summed E-state index contributed by atoms with van der Waals surface area (Å²) < 4.78 is 45.9. The molecule has 0 radical (unpaired) electrons. The number of hydrogen-bond donors (Lipinski definition) is 2. The highest BCUT2D eigenvalue weighted by Crippen LogP contribution is 2.40. The second-order valence-corrected chi connectivity index (χ2v) is 10.2. The fourth-order valence-electron chi connectivity index (χ4n) is 4.90. The van der Waals surface area contributed by atoms with Crippen molar-refractivity contribution >= 4 is 34.8 Å². The second kappa shape index (κ2) is 8.17. The number of rotatable bonds is 4. The zero-order valence-electron chi connectivity index (χ0n) is 18.4. The molecule has 0 amide bonds. The quantitative estimate of drug-likeness (QED) is 0.409. The van der Waals surface area contributed by atoms with Gasteiger partial charge in [-0.1, -0.05) is 6.07 Å². The Balaban J connectivity index is 1.57. The summed E-state index contributed by atoms with van der Waals surface area (Å²) in [5, 5.41) is 0.00237. The van der Waals surface area contributed by atoms with Gasteiger partial charge in [0.2, 0.25) is 6.79 Å². The molecule has 0 unspecified atom stereocenters. The van der Waals surface area contributed by atoms with Crippen LogP contribution < -0.4 is 20.5 Å². The summed E-state index contributed by atoms with van der Waals surface area (Å²) in [5.41, 5.74) is 1.91. The first-order valence-electron chi connectivity index (χ1n) is 11.1. The fraction of sp³-hybridized carbons (Fsp3) is 0.304. The third-order valence-electron chi connectivity index (χ3n) is 6.52. The van der Waals surface area contributed by atoms with Crippen molar-refractivity contribution in [2.24, 2.45) is 0 Å². The van der Waals surface area contributed by atoms with Gasteiger partial charge in [-0.25, -0.2) is 14.2 Å². The Morgan fingerprint density at radius 2 is 1.94 bits per heavy atom. The number of hydrogen-bond acceptors (Lipinski definition) is 6. The molecule has 0 saturated carbocycles. The van der Waals surface area contributed by atoms with E-state index in [4.69, 9.17) is 14.2 Å². The molecule has 1 saturated heterocycles. The van der Waals surface area contributed by atoms with Crippen LogP contribution >= 0.6 is 7.60 Å². The molecular formula is C23H21FN3O7P. The molecule has 2 aromatic carbocycles. The molecule has 35 heavy (non-hydrogen) atoms. The maximum absolute atomic E-state index is 14.5. The molecule has 0 aliphatic carbocycles. The maximum atomic E-state index is 14.5. The Bertz CT molecular complexity index is 1590. The van der Waals surface area contributed by atoms with Gasteiger partial charge < -0.3 is 24.0 Å². The number of benzene rings is 2. The maximum Gasteiger partial charge on any atom is 0.359 e. The summed E-state index contributed by atoms with van der Waals surface area (Å²) >= 11 is 0. The van der Waals surface area contributed by atoms with Crippen molar-refractivity contribution in [3.8, 4) is 11.5 Å². The molecule has 182 valence electrons. The molecule has 2 aliphatic rings. The number of fused-ring (bicyclic) bond motifs is 5. The molecule has 1 fully saturated rings. The van der Waals surface area contributed by atoms with Gasteiger partial charge in [-0.15, -0.1) is 0 Å². The number of halogens is 1. The van der Waals surface area contributed by atoms with Crippen molar-refractivity contribution < 1.29 is 33.0 Å². The van der Waals surface area contributed by atoms with Gasteiger partial charge in [-0.05, 0) is 42.7 Å². The Morgan fingerprint density at radius 3 is 2.69 bits per heavy atom. The molecule has 12 heteroatoms. The van der Waals surface area contributed by atoms with Crippen LogP contribution in [0.4, 0.5) is 4.39 Å². The van der Waals surface area contributed by atoms with Gasteiger partial charge in [0.25, 0.3) is 0 Å². The van der Waals surface area contributed by atoms with E-state index in [1.54, 1.807) is 21.4 Å². The average Bonchev–Trinajstić information content (AvgIpc) is 3.42. The largest absolute Gasteiger partial charge is 0.454 e. The summed E-state index contributed by atoms with van der Waals surface area (Å²) in [4.78, 5) is 37.1. The SMILES string of the molecule is O=c1n(Cc2ccc(P(=O)(O)O)c(F)c2)c2c3ccc4c(c3ncc2n1C1CCOCC1)OCO4. The zero-order valence-corrected chi connectivity index (χ0v) is 19.3. The predicted molar refractivity (Wildman–Crippen MR) is 124 cm³/mol. The van der Waals surface area contributed by atoms with E-state index in [0.29, 0.717) is 65.1 Å². The molecule has 2 N–H and O–H groups in total. The van der Waals surface area contributed by atoms with Crippen LogP contribution in [0.25, 0.3) is 21.9 Å². The van der Waals surface area contributed by atoms with Crippen LogP contribution in [0.3, 0.4) is 0 Å². The van der Waals surface area contributed by atoms with Gasteiger partial charge >= 0.3 is 13.3 Å². The van der Waals surface area contributed by atoms with E-state index in [1.807, 2.05) is 6.07 Å². The van der Waals surface area contributed by atoms with Gasteiger partial charge in [0, 0.05) is 24.6 Å². The Morgan fingerprint density at radius 1 is 1.14 bits per heavy atom. The van der Waals surface area contributed by atoms with Crippen molar-refractivity contribution in [2.75, 3.05) is 20.0 Å². The third kappa shape index (κ3) is 3.63. The molecule has 0 bridgehead atoms. The molecule has 10 nitrogen and oxygen atoms in total. The van der Waals surface area contributed by atoms with E-state index in [0.717, 1.165) is 12.1 Å². The molecule has 6 rings (SSSR count). The second-order valence-electron chi connectivity index (χ2n) is 8.60. The number of pyridine rings is 1. The van der Waals surface area contributed by atoms with Crippen molar-refractivity contribution in [3.63, 3.8) is 0 Å². The Hall–Kier alpha value is -3.24. The van der Waals surface area contributed by atoms with Crippen LogP contribution in [0.5, 0.6) is 11.5 Å². The summed E-state index contributed by atoms with van der Waals surface area (Å²) in [5.74, 6) is 0.0448. The predicted octanol–water partition coefficient (Wildman–Crippen LogP) is 2.42. The summed E-state index contributed by atoms with van der Waals surface area (Å²) in [6, 6.07) is 7.03. The Labute approximate surface area is 197 Å². The number of imidazole rings is 1. The monoisotopic (exact) mass is 501 g/mol. The van der Waals surface area contributed by atoms with Crippen LogP contribution in [0.1, 0.15) is 24.4 Å². The lowest BCUT2D eigenvalue weighted by molar-refractivity contribution is 0.0696. The highest BCUT2D eigenvalue weighted by atomic mass is 31.2. The lowest BCUT2D eigenvalue weighted by Crippen LogP contribution is -2.31. The van der Waals surface area contributed by atoms with Gasteiger partial charge in [0.15, 0.2) is 11.5 Å². The minimum Gasteiger partial charge on any atom is -0.454 e. The minimum absolute atomic E-state index is 0.00251. The normalized spacial score (nSPS) is 16.4. The molecule has 4 heterocycles. The zero-order chi connectivity index (χ0) is 24.3. The first kappa shape index (κ1) is 22.2. The van der Waals surface area contributed by atoms with Gasteiger partial charge in [0.1, 0.15) is 11.3 Å². The molecule has 2 aliphatic heterocycles. The first-order valence-corrected chi connectivity index (χ1v) is 12.7. The van der Waals surface area contributed by atoms with Crippen LogP contribution in [0, 0.1) is 5.82 Å². The van der Waals surface area contributed by atoms with Crippen LogP contribution in [0.15, 0.2) is 41.3 Å². The highest BCUT2D eigenvalue weighted by molar-refractivity contribution is 7.60. The van der Waals surface area contributed by atoms with E-state index < -0.39 is 18.7 Å². The molecule has 0 spiro atoms. The lowest BCUT2D eigenvalue weighted by Gasteiger charge is -2.23. The number of aromatic nitrogens is 3. The lowest BCUT2D eigenvalue weighted by atomic mass is 10.1. The van der Waals surface area contributed by atoms with Crippen LogP contribution in [-0.4, -0.2) is 43.9 Å². The fourth-order valence-corrected chi connectivity index (χ4v) is 5.51. The molecule has 0 atom stereocenters. The first-order chi connectivity index (χ1) is 16.8. The summed E-state index contributed by atoms with van der Waals surface area (Å²) in [6.45, 7) is 1.16. The van der Waals surface area contributed by atoms with Gasteiger partial charge in [-0.2, -0.15) is 0 Å². The number of nitrogens with zero attached hydrogens (tertiary/aromatic N) is 3. The molecule has 2 aromatic heterocycles. The smallest absolute Gasteiger partial charge is 0.359 e. The van der Waals surface area contributed by atoms with Crippen molar-refractivity contribution in [3.05, 3.63) is 58.4 Å². The van der Waals surface area contributed by atoms with Crippen LogP contribution in [-0.2, 0) is 15.8 Å². The standard InChI is InChI=1S/C23H21FN3O7P/c24-16-9-13(1-4-19(16)35(29,30)31)11-26-21-15-2-3-18-22(34-12-33-18)20(15)25-10-17(21)27(23(26)28)14-5-7-32-8-6-14/h1-4,9-10,14H,5-8,11-12H2,(H2,29,30,31). The average molecular weight is 501 g/mol. The van der Waals surface area contributed by atoms with Gasteiger partial charge in [-0.3, -0.25) is 13.7 Å². The summed E-state index contributed by atoms with van der Waals surface area (Å²) in [6.07, 6.45) is 2.98. The van der Waals surface area contributed by atoms with E-state index in [-0.39, 0.29) is 25.1 Å². The Kier molecular flexibility index (Phi) is 5.19. The van der Waals surface area contributed by atoms with Crippen molar-refractivity contribution in [2.45, 2.75) is 25.4 Å². The van der Waals surface area contributed by atoms with Crippen molar-refractivity contribution in [1.82, 2.24) is 14.1 Å². The number of ether oxygens (including phenoxy) is 3. The van der Waals surface area contributed by atoms with E-state index in [9.17, 15) is 23.5 Å². The van der Waals surface area contributed by atoms with E-state index in [1.165, 1.54) is 6.07 Å². The summed E-state index contributed by atoms with van der Waals surface area (Å²) in [7, 11) is -4.76. The van der Waals surface area contributed by atoms with E-state index >= 15 is 0 Å².